The van der Waals surface area contributed by atoms with E-state index in [1.807, 2.05) is 0 Å². The Morgan fingerprint density at radius 3 is 2.32 bits per heavy atom. The third kappa shape index (κ3) is 3.03. The molecule has 1 aromatic carbocycles. The van der Waals surface area contributed by atoms with Gasteiger partial charge in [0.05, 0.1) is 12.1 Å². The summed E-state index contributed by atoms with van der Waals surface area (Å²) in [4.78, 5) is 2.47. The van der Waals surface area contributed by atoms with Crippen molar-refractivity contribution < 1.29 is 5.11 Å². The van der Waals surface area contributed by atoms with Gasteiger partial charge in [-0.3, -0.25) is 0 Å². The van der Waals surface area contributed by atoms with Gasteiger partial charge in [-0.1, -0.05) is 0 Å². The first-order chi connectivity index (χ1) is 9.33. The summed E-state index contributed by atoms with van der Waals surface area (Å²) in [5, 5.41) is 13.3. The molecular weight excluding hydrogens is 236 g/mol. The van der Waals surface area contributed by atoms with Crippen LogP contribution in [-0.4, -0.2) is 30.3 Å². The monoisotopic (exact) mass is 260 g/mol. The number of rotatable bonds is 3. The molecule has 3 nitrogen and oxygen atoms in total. The first-order valence-corrected chi connectivity index (χ1v) is 7.62. The molecule has 1 saturated carbocycles. The van der Waals surface area contributed by atoms with Crippen molar-refractivity contribution in [2.75, 3.05) is 23.3 Å². The minimum absolute atomic E-state index is 0.179. The number of aliphatic hydroxyl groups excluding tert-OH is 1. The lowest BCUT2D eigenvalue weighted by atomic mass is 10.1. The molecule has 2 unspecified atom stereocenters. The molecule has 104 valence electrons. The van der Waals surface area contributed by atoms with Crippen molar-refractivity contribution in [2.45, 2.75) is 50.7 Å². The van der Waals surface area contributed by atoms with Gasteiger partial charge in [0.2, 0.25) is 0 Å². The maximum absolute atomic E-state index is 9.84. The molecule has 3 heteroatoms. The molecule has 0 amide bonds. The van der Waals surface area contributed by atoms with Crippen LogP contribution in [0.25, 0.3) is 0 Å². The maximum atomic E-state index is 9.84. The Kier molecular flexibility index (Phi) is 3.92. The van der Waals surface area contributed by atoms with Gasteiger partial charge in [0.1, 0.15) is 0 Å². The number of hydrogen-bond donors (Lipinski definition) is 2. The Morgan fingerprint density at radius 2 is 1.68 bits per heavy atom. The molecule has 1 aliphatic heterocycles. The average molecular weight is 260 g/mol. The maximum Gasteiger partial charge on any atom is 0.0741 e. The van der Waals surface area contributed by atoms with Gasteiger partial charge in [-0.05, 0) is 62.8 Å². The van der Waals surface area contributed by atoms with Crippen molar-refractivity contribution in [1.29, 1.82) is 0 Å². The highest BCUT2D eigenvalue weighted by Gasteiger charge is 2.24. The Hall–Kier alpha value is -1.22. The highest BCUT2D eigenvalue weighted by atomic mass is 16.3. The van der Waals surface area contributed by atoms with E-state index < -0.39 is 0 Å². The van der Waals surface area contributed by atoms with E-state index in [1.165, 1.54) is 38.0 Å². The summed E-state index contributed by atoms with van der Waals surface area (Å²) in [5.74, 6) is 0. The van der Waals surface area contributed by atoms with E-state index in [2.05, 4.69) is 34.5 Å². The summed E-state index contributed by atoms with van der Waals surface area (Å²) in [6.07, 6.45) is 6.96. The van der Waals surface area contributed by atoms with Crippen LogP contribution in [0, 0.1) is 0 Å². The van der Waals surface area contributed by atoms with Crippen LogP contribution in [0.5, 0.6) is 0 Å². The molecule has 2 atom stereocenters. The van der Waals surface area contributed by atoms with E-state index in [0.29, 0.717) is 0 Å². The molecule has 0 aromatic heterocycles. The summed E-state index contributed by atoms with van der Waals surface area (Å²) >= 11 is 0. The van der Waals surface area contributed by atoms with Gasteiger partial charge in [-0.15, -0.1) is 0 Å². The van der Waals surface area contributed by atoms with E-state index in [9.17, 15) is 5.11 Å². The molecule has 0 radical (unpaired) electrons. The van der Waals surface area contributed by atoms with E-state index in [4.69, 9.17) is 0 Å². The van der Waals surface area contributed by atoms with Crippen molar-refractivity contribution in [3.63, 3.8) is 0 Å². The number of anilines is 2. The van der Waals surface area contributed by atoms with Gasteiger partial charge in [0, 0.05) is 24.5 Å². The van der Waals surface area contributed by atoms with Crippen LogP contribution in [0.2, 0.25) is 0 Å². The predicted octanol–water partition coefficient (Wildman–Crippen LogP) is 3.00. The zero-order chi connectivity index (χ0) is 13.1. The van der Waals surface area contributed by atoms with Crippen LogP contribution in [-0.2, 0) is 0 Å². The summed E-state index contributed by atoms with van der Waals surface area (Å²) < 4.78 is 0. The average Bonchev–Trinajstić information content (AvgIpc) is 2.86. The fraction of sp³-hybridized carbons (Fsp3) is 0.625. The zero-order valence-electron chi connectivity index (χ0n) is 11.5. The van der Waals surface area contributed by atoms with Gasteiger partial charge in [-0.2, -0.15) is 0 Å². The first-order valence-electron chi connectivity index (χ1n) is 7.62. The second-order valence-corrected chi connectivity index (χ2v) is 5.84. The molecule has 2 aliphatic rings. The van der Waals surface area contributed by atoms with Crippen LogP contribution in [0.4, 0.5) is 11.4 Å². The summed E-state index contributed by atoms with van der Waals surface area (Å²) in [6, 6.07) is 8.94. The van der Waals surface area contributed by atoms with E-state index in [-0.39, 0.29) is 12.1 Å². The van der Waals surface area contributed by atoms with Gasteiger partial charge < -0.3 is 15.3 Å². The van der Waals surface area contributed by atoms with E-state index >= 15 is 0 Å². The lowest BCUT2D eigenvalue weighted by Gasteiger charge is -2.29. The largest absolute Gasteiger partial charge is 0.391 e. The highest BCUT2D eigenvalue weighted by Crippen LogP contribution is 2.25. The normalized spacial score (nSPS) is 27.5. The molecule has 1 aliphatic carbocycles. The first kappa shape index (κ1) is 12.8. The van der Waals surface area contributed by atoms with Crippen LogP contribution < -0.4 is 10.2 Å². The van der Waals surface area contributed by atoms with Gasteiger partial charge in [-0.25, -0.2) is 0 Å². The quantitative estimate of drug-likeness (QED) is 0.877. The molecule has 1 aromatic rings. The lowest BCUT2D eigenvalue weighted by Crippen LogP contribution is -2.29. The number of aliphatic hydroxyl groups is 1. The number of hydrogen-bond acceptors (Lipinski definition) is 3. The second-order valence-electron chi connectivity index (χ2n) is 5.84. The van der Waals surface area contributed by atoms with Crippen molar-refractivity contribution in [3.05, 3.63) is 24.3 Å². The standard InChI is InChI=1S/C16H24N2O/c19-16-6-4-5-15(16)17-13-7-9-14(10-8-13)18-11-2-1-3-12-18/h7-10,15-17,19H,1-6,11-12H2. The van der Waals surface area contributed by atoms with E-state index in [0.717, 1.165) is 24.9 Å². The molecular formula is C16H24N2O. The highest BCUT2D eigenvalue weighted by molar-refractivity contribution is 5.55. The number of nitrogens with zero attached hydrogens (tertiary/aromatic N) is 1. The lowest BCUT2D eigenvalue weighted by molar-refractivity contribution is 0.172. The van der Waals surface area contributed by atoms with E-state index in [1.54, 1.807) is 0 Å². The summed E-state index contributed by atoms with van der Waals surface area (Å²) in [5.41, 5.74) is 2.46. The minimum Gasteiger partial charge on any atom is -0.391 e. The third-order valence-electron chi connectivity index (χ3n) is 4.42. The third-order valence-corrected chi connectivity index (χ3v) is 4.42. The Balaban J connectivity index is 1.61. The topological polar surface area (TPSA) is 35.5 Å². The molecule has 1 saturated heterocycles. The Morgan fingerprint density at radius 1 is 0.947 bits per heavy atom. The minimum atomic E-state index is -0.179. The van der Waals surface area contributed by atoms with Crippen LogP contribution in [0.1, 0.15) is 38.5 Å². The summed E-state index contributed by atoms with van der Waals surface area (Å²) in [6.45, 7) is 2.38. The van der Waals surface area contributed by atoms with Gasteiger partial charge >= 0.3 is 0 Å². The SMILES string of the molecule is OC1CCCC1Nc1ccc(N2CCCCC2)cc1. The Labute approximate surface area is 115 Å². The van der Waals surface area contributed by atoms with Crippen molar-refractivity contribution in [2.24, 2.45) is 0 Å². The number of piperidine rings is 1. The van der Waals surface area contributed by atoms with Crippen LogP contribution >= 0.6 is 0 Å². The fourth-order valence-electron chi connectivity index (χ4n) is 3.24. The second kappa shape index (κ2) is 5.83. The number of nitrogens with one attached hydrogen (secondary N) is 1. The predicted molar refractivity (Wildman–Crippen MR) is 79.8 cm³/mol. The van der Waals surface area contributed by atoms with Crippen LogP contribution in [0.3, 0.4) is 0 Å². The molecule has 2 N–H and O–H groups in total. The Bertz CT molecular complexity index is 398. The van der Waals surface area contributed by atoms with Crippen molar-refractivity contribution in [1.82, 2.24) is 0 Å². The number of benzene rings is 1. The van der Waals surface area contributed by atoms with Crippen molar-refractivity contribution in [3.8, 4) is 0 Å². The fourth-order valence-corrected chi connectivity index (χ4v) is 3.24. The summed E-state index contributed by atoms with van der Waals surface area (Å²) in [7, 11) is 0. The zero-order valence-corrected chi connectivity index (χ0v) is 11.5. The molecule has 19 heavy (non-hydrogen) atoms. The smallest absolute Gasteiger partial charge is 0.0741 e. The molecule has 1 heterocycles. The van der Waals surface area contributed by atoms with Crippen molar-refractivity contribution >= 4 is 11.4 Å². The van der Waals surface area contributed by atoms with Crippen LogP contribution in [0.15, 0.2) is 24.3 Å². The molecule has 3 rings (SSSR count). The molecule has 2 fully saturated rings. The van der Waals surface area contributed by atoms with Gasteiger partial charge in [0.25, 0.3) is 0 Å². The molecule has 0 spiro atoms. The molecule has 0 bridgehead atoms. The van der Waals surface area contributed by atoms with Gasteiger partial charge in [0.15, 0.2) is 0 Å².